The fourth-order valence-corrected chi connectivity index (χ4v) is 11.9. The van der Waals surface area contributed by atoms with Crippen molar-refractivity contribution >= 4 is 119 Å². The maximum absolute atomic E-state index is 15.4. The number of carboxylic acids is 1. The van der Waals surface area contributed by atoms with Gasteiger partial charge in [0, 0.05) is 67.4 Å². The molecule has 1 heterocycles. The number of amides is 11. The number of carboxylic acid groups (broad SMARTS) is 1. The molecule has 4 aromatic carbocycles. The van der Waals surface area contributed by atoms with Gasteiger partial charge in [-0.15, -0.1) is 0 Å². The van der Waals surface area contributed by atoms with Crippen LogP contribution < -0.4 is 92.1 Å². The molecule has 36 nitrogen and oxygen atoms in total. The molecule has 0 bridgehead atoms. The van der Waals surface area contributed by atoms with E-state index >= 15 is 14.4 Å². The predicted molar refractivity (Wildman–Crippen MR) is 419 cm³/mol. The summed E-state index contributed by atoms with van der Waals surface area (Å²) in [6, 6.07) is 13.5. The van der Waals surface area contributed by atoms with Crippen molar-refractivity contribution in [1.29, 1.82) is 10.8 Å². The van der Waals surface area contributed by atoms with Crippen molar-refractivity contribution < 1.29 is 78.0 Å². The highest BCUT2D eigenvalue weighted by Crippen LogP contribution is 2.21. The van der Waals surface area contributed by atoms with Gasteiger partial charge in [-0.1, -0.05) is 109 Å². The van der Waals surface area contributed by atoms with Gasteiger partial charge in [0.1, 0.15) is 66.5 Å². The number of guanidine groups is 2. The molecule has 0 aliphatic heterocycles. The molecule has 0 radical (unpaired) electrons. The number of aromatic nitrogens is 1. The van der Waals surface area contributed by atoms with E-state index in [1.165, 1.54) is 0 Å². The van der Waals surface area contributed by atoms with Gasteiger partial charge in [0.05, 0.1) is 24.9 Å². The number of rotatable bonds is 48. The number of aliphatic hydroxyl groups is 3. The second-order valence-electron chi connectivity index (χ2n) is 26.4. The van der Waals surface area contributed by atoms with Gasteiger partial charge in [-0.3, -0.25) is 63.6 Å². The van der Waals surface area contributed by atoms with E-state index in [0.717, 1.165) is 13.8 Å². The molecule has 11 amide bonds. The maximum atomic E-state index is 15.4. The highest BCUT2D eigenvalue weighted by molar-refractivity contribution is 7.80. The van der Waals surface area contributed by atoms with E-state index in [9.17, 15) is 63.6 Å². The first kappa shape index (κ1) is 90.7. The van der Waals surface area contributed by atoms with Crippen LogP contribution in [0.1, 0.15) is 81.0 Å². The van der Waals surface area contributed by atoms with Crippen LogP contribution in [0.5, 0.6) is 0 Å². The molecule has 111 heavy (non-hydrogen) atoms. The number of nitrogens with one attached hydrogen (secondary N) is 16. The predicted octanol–water partition coefficient (Wildman–Crippen LogP) is -4.55. The average Bonchev–Trinajstić information content (AvgIpc) is 1.68. The van der Waals surface area contributed by atoms with Gasteiger partial charge in [0.15, 0.2) is 11.9 Å². The number of benzene rings is 4. The Morgan fingerprint density at radius 2 is 0.757 bits per heavy atom. The number of carbonyl (C=O) groups excluding carboxylic acids is 11. The molecule has 604 valence electrons. The third-order valence-electron chi connectivity index (χ3n) is 17.6. The van der Waals surface area contributed by atoms with Gasteiger partial charge >= 0.3 is 5.97 Å². The van der Waals surface area contributed by atoms with Crippen molar-refractivity contribution in [3.63, 3.8) is 0 Å². The molecule has 5 rings (SSSR count). The Balaban J connectivity index is 1.49. The van der Waals surface area contributed by atoms with E-state index in [4.69, 9.17) is 33.8 Å². The minimum absolute atomic E-state index is 0.0216. The first-order valence-electron chi connectivity index (χ1n) is 36.0. The minimum Gasteiger partial charge on any atom is -0.480 e. The summed E-state index contributed by atoms with van der Waals surface area (Å²) in [7, 11) is 0. The molecule has 0 aliphatic carbocycles. The van der Waals surface area contributed by atoms with Crippen LogP contribution in [0.15, 0.2) is 121 Å². The Kier molecular flexibility index (Phi) is 38.6. The third-order valence-corrected chi connectivity index (χ3v) is 18.3. The summed E-state index contributed by atoms with van der Waals surface area (Å²) in [6.45, 7) is 1.56. The lowest BCUT2D eigenvalue weighted by molar-refractivity contribution is -0.142. The smallest absolute Gasteiger partial charge is 0.327 e. The van der Waals surface area contributed by atoms with E-state index in [0.29, 0.717) is 39.6 Å². The zero-order valence-corrected chi connectivity index (χ0v) is 63.3. The monoisotopic (exact) mass is 1580 g/mol. The van der Waals surface area contributed by atoms with Gasteiger partial charge in [-0.25, -0.2) is 4.79 Å². The zero-order valence-electron chi connectivity index (χ0n) is 61.5. The number of thiol groups is 2. The summed E-state index contributed by atoms with van der Waals surface area (Å²) >= 11 is 8.01. The molecule has 14 atom stereocenters. The number of para-hydroxylation sites is 1. The van der Waals surface area contributed by atoms with E-state index in [1.807, 2.05) is 0 Å². The number of nitrogens with two attached hydrogens (primary N) is 4. The molecule has 0 spiro atoms. The number of carbonyl (C=O) groups is 12. The maximum Gasteiger partial charge on any atom is 0.327 e. The normalized spacial score (nSPS) is 14.9. The topological polar surface area (TPSA) is 610 Å². The van der Waals surface area contributed by atoms with Crippen LogP contribution >= 0.6 is 25.3 Å². The lowest BCUT2D eigenvalue weighted by Crippen LogP contribution is -2.63. The molecule has 0 unspecified atom stereocenters. The van der Waals surface area contributed by atoms with Crippen LogP contribution in [0.2, 0.25) is 0 Å². The lowest BCUT2D eigenvalue weighted by Gasteiger charge is -2.29. The SMILES string of the molecule is C[C@@H](O)[C@H](NC(=O)[C@H](Cc1ccccc1)NC(=O)[C@@H](NC(=O)[C@H](CCCCN)NC(=O)[C@@H](Cc1c[nH]c2ccccc12)NC(=O)[C@H](Cc1ccccc1)NC(=O)[C@H](Cc1ccccc1)NC(=O)[C@@H](CCCNC(=N)N)NC(=O)[C@H](CCCNC(=N)N)NC(=O)[C@@H](N)CS)[C@@H](C)O)C(=O)N[C@@H](CO)C(=O)N[C@@H](CS)C(=O)O. The summed E-state index contributed by atoms with van der Waals surface area (Å²) < 4.78 is 0. The molecular formula is C73H104N20O16S2. The Hall–Kier alpha value is -10.9. The fourth-order valence-electron chi connectivity index (χ4n) is 11.5. The highest BCUT2D eigenvalue weighted by Gasteiger charge is 2.39. The molecule has 0 saturated carbocycles. The number of aliphatic carboxylic acids is 1. The van der Waals surface area contributed by atoms with Gasteiger partial charge in [-0.05, 0) is 93.7 Å². The van der Waals surface area contributed by atoms with Crippen molar-refractivity contribution in [3.05, 3.63) is 144 Å². The largest absolute Gasteiger partial charge is 0.480 e. The molecule has 1 aromatic heterocycles. The van der Waals surface area contributed by atoms with Crippen LogP contribution in [0.3, 0.4) is 0 Å². The number of fused-ring (bicyclic) bond motifs is 1. The average molecular weight is 1580 g/mol. The van der Waals surface area contributed by atoms with Crippen LogP contribution in [0.4, 0.5) is 0 Å². The van der Waals surface area contributed by atoms with Crippen LogP contribution in [-0.4, -0.2) is 231 Å². The number of aliphatic hydroxyl groups excluding tert-OH is 3. The van der Waals surface area contributed by atoms with E-state index < -0.39 is 162 Å². The number of aromatic amines is 1. The highest BCUT2D eigenvalue weighted by atomic mass is 32.1. The number of H-pyrrole nitrogens is 1. The molecular weight excluding hydrogens is 1480 g/mol. The van der Waals surface area contributed by atoms with Crippen LogP contribution in [-0.2, 0) is 83.2 Å². The fraction of sp³-hybridized carbons (Fsp3) is 0.452. The Labute approximate surface area is 652 Å². The van der Waals surface area contributed by atoms with Gasteiger partial charge in [0.25, 0.3) is 0 Å². The second-order valence-corrected chi connectivity index (χ2v) is 27.1. The standard InChI is InChI=1S/C73H104N20O16S2/c1-40(95)58(69(106)89-54(34-44-22-10-5-11-23-44)67(104)93-59(41(2)96)70(107)90-56(37-94)68(105)91-57(39-111)71(108)109)92-63(100)49(26-14-15-29-74)85-66(103)55(35-45-36-82-48-25-13-12-24-46(45)48)88-65(102)53(33-43-20-8-4-9-21-43)87-64(101)52(32-42-18-6-3-7-19-42)86-62(99)51(28-17-31-81-73(78)79)84-61(98)50(27-16-30-80-72(76)77)83-60(97)47(75)38-110/h3-13,18-25,36,40-41,47,49-59,82,94-96,110-111H,14-17,26-35,37-39,74-75H2,1-2H3,(H,83,97)(H,84,98)(H,85,103)(H,86,99)(H,87,101)(H,88,102)(H,89,106)(H,90,107)(H,91,105)(H,92,100)(H,93,104)(H,108,109)(H4,76,77,80)(H4,78,79,81)/t40-,41-,47+,49+,50+,51-,52+,53+,54+,55-,56+,57+,58+,59+/m1/s1. The molecule has 0 fully saturated rings. The first-order valence-corrected chi connectivity index (χ1v) is 37.3. The molecule has 38 heteroatoms. The number of unbranched alkanes of at least 4 members (excludes halogenated alkanes) is 1. The first-order chi connectivity index (χ1) is 53.0. The molecule has 28 N–H and O–H groups in total. The quantitative estimate of drug-likeness (QED) is 0.00755. The number of hydrogen-bond acceptors (Lipinski definition) is 21. The van der Waals surface area contributed by atoms with Crippen molar-refractivity contribution in [1.82, 2.24) is 74.1 Å². The summed E-state index contributed by atoms with van der Waals surface area (Å²) in [6.07, 6.45) is -2.20. The van der Waals surface area contributed by atoms with Crippen molar-refractivity contribution in [2.24, 2.45) is 22.9 Å². The summed E-state index contributed by atoms with van der Waals surface area (Å²) in [4.78, 5) is 173. The van der Waals surface area contributed by atoms with Crippen molar-refractivity contribution in [3.8, 4) is 0 Å². The summed E-state index contributed by atoms with van der Waals surface area (Å²) in [5.41, 5.74) is 25.6. The van der Waals surface area contributed by atoms with E-state index in [2.05, 4.69) is 99.4 Å². The van der Waals surface area contributed by atoms with Gasteiger partial charge in [0.2, 0.25) is 65.0 Å². The van der Waals surface area contributed by atoms with Gasteiger partial charge < -0.3 is 117 Å². The molecule has 5 aromatic rings. The zero-order chi connectivity index (χ0) is 81.7. The number of hydrogen-bond donors (Lipinski definition) is 26. The second kappa shape index (κ2) is 47.2. The summed E-state index contributed by atoms with van der Waals surface area (Å²) in [5.74, 6) is -13.5. The lowest BCUT2D eigenvalue weighted by atomic mass is 10.00. The van der Waals surface area contributed by atoms with Gasteiger partial charge in [-0.2, -0.15) is 25.3 Å². The Morgan fingerprint density at radius 1 is 0.423 bits per heavy atom. The van der Waals surface area contributed by atoms with Crippen molar-refractivity contribution in [2.75, 3.05) is 37.7 Å². The van der Waals surface area contributed by atoms with Crippen LogP contribution in [0.25, 0.3) is 10.9 Å². The van der Waals surface area contributed by atoms with E-state index in [1.54, 1.807) is 121 Å². The Bertz CT molecular complexity index is 3920. The van der Waals surface area contributed by atoms with E-state index in [-0.39, 0.29) is 107 Å². The Morgan fingerprint density at radius 3 is 1.14 bits per heavy atom. The van der Waals surface area contributed by atoms with Crippen LogP contribution in [0, 0.1) is 10.8 Å². The molecule has 0 saturated heterocycles. The summed E-state index contributed by atoms with van der Waals surface area (Å²) in [5, 5.41) is 90.7. The molecule has 0 aliphatic rings. The third kappa shape index (κ3) is 30.8. The van der Waals surface area contributed by atoms with Crippen molar-refractivity contribution in [2.45, 2.75) is 169 Å². The minimum atomic E-state index is -1.89.